The highest BCUT2D eigenvalue weighted by Gasteiger charge is 2.37. The molecule has 2 unspecified atom stereocenters. The second-order valence-corrected chi connectivity index (χ2v) is 6.43. The molecule has 1 amide bonds. The number of aliphatic carboxylic acids is 1. The number of rotatable bonds is 2. The van der Waals surface area contributed by atoms with E-state index >= 15 is 0 Å². The summed E-state index contributed by atoms with van der Waals surface area (Å²) in [5.74, 6) is -1.54. The fourth-order valence-electron chi connectivity index (χ4n) is 3.79. The van der Waals surface area contributed by atoms with Gasteiger partial charge in [-0.2, -0.15) is 0 Å². The molecular formula is C20H19NO4. The van der Waals surface area contributed by atoms with Crippen LogP contribution in [0.1, 0.15) is 35.1 Å². The second kappa shape index (κ2) is 6.33. The highest BCUT2D eigenvalue weighted by atomic mass is 16.5. The van der Waals surface area contributed by atoms with Crippen LogP contribution in [0.25, 0.3) is 0 Å². The Morgan fingerprint density at radius 1 is 1.04 bits per heavy atom. The SMILES string of the molecule is O=C(O)C1CCN(C(=O)C2OCCc3ccccc32)c2ccccc21. The van der Waals surface area contributed by atoms with Crippen molar-refractivity contribution in [2.45, 2.75) is 24.9 Å². The minimum atomic E-state index is -0.848. The van der Waals surface area contributed by atoms with Gasteiger partial charge in [0.15, 0.2) is 6.10 Å². The lowest BCUT2D eigenvalue weighted by atomic mass is 9.89. The molecule has 5 nitrogen and oxygen atoms in total. The van der Waals surface area contributed by atoms with Crippen LogP contribution in [0.4, 0.5) is 5.69 Å². The molecule has 2 aliphatic heterocycles. The second-order valence-electron chi connectivity index (χ2n) is 6.43. The van der Waals surface area contributed by atoms with E-state index < -0.39 is 18.0 Å². The lowest BCUT2D eigenvalue weighted by Gasteiger charge is -2.36. The maximum absolute atomic E-state index is 13.2. The minimum Gasteiger partial charge on any atom is -0.481 e. The number of carbonyl (C=O) groups is 2. The first-order valence-corrected chi connectivity index (χ1v) is 8.49. The summed E-state index contributed by atoms with van der Waals surface area (Å²) in [6.45, 7) is 0.898. The maximum Gasteiger partial charge on any atom is 0.311 e. The van der Waals surface area contributed by atoms with E-state index in [0.29, 0.717) is 30.8 Å². The summed E-state index contributed by atoms with van der Waals surface area (Å²) in [5.41, 5.74) is 3.42. The van der Waals surface area contributed by atoms with Gasteiger partial charge in [0.1, 0.15) is 0 Å². The lowest BCUT2D eigenvalue weighted by Crippen LogP contribution is -2.42. The Morgan fingerprint density at radius 3 is 2.56 bits per heavy atom. The molecule has 4 rings (SSSR count). The van der Waals surface area contributed by atoms with E-state index in [1.54, 1.807) is 11.0 Å². The number of ether oxygens (including phenoxy) is 1. The number of hydrogen-bond donors (Lipinski definition) is 1. The average Bonchev–Trinajstić information content (AvgIpc) is 2.66. The highest BCUT2D eigenvalue weighted by molar-refractivity contribution is 5.99. The third-order valence-electron chi connectivity index (χ3n) is 5.03. The van der Waals surface area contributed by atoms with E-state index in [4.69, 9.17) is 4.74 Å². The summed E-state index contributed by atoms with van der Waals surface area (Å²) >= 11 is 0. The molecule has 128 valence electrons. The fraction of sp³-hybridized carbons (Fsp3) is 0.300. The van der Waals surface area contributed by atoms with Crippen LogP contribution in [-0.4, -0.2) is 30.1 Å². The Labute approximate surface area is 145 Å². The van der Waals surface area contributed by atoms with E-state index in [1.165, 1.54) is 0 Å². The number of fused-ring (bicyclic) bond motifs is 2. The van der Waals surface area contributed by atoms with Crippen molar-refractivity contribution in [1.29, 1.82) is 0 Å². The van der Waals surface area contributed by atoms with Crippen molar-refractivity contribution in [3.8, 4) is 0 Å². The van der Waals surface area contributed by atoms with Gasteiger partial charge < -0.3 is 14.7 Å². The lowest BCUT2D eigenvalue weighted by molar-refractivity contribution is -0.139. The Hall–Kier alpha value is -2.66. The van der Waals surface area contributed by atoms with Gasteiger partial charge in [0.05, 0.1) is 12.5 Å². The van der Waals surface area contributed by atoms with Crippen molar-refractivity contribution < 1.29 is 19.4 Å². The molecule has 2 aliphatic rings. The normalized spacial score (nSPS) is 22.0. The van der Waals surface area contributed by atoms with Crippen LogP contribution in [0.2, 0.25) is 0 Å². The molecule has 2 aromatic carbocycles. The van der Waals surface area contributed by atoms with Crippen molar-refractivity contribution >= 4 is 17.6 Å². The number of carbonyl (C=O) groups excluding carboxylic acids is 1. The molecule has 0 spiro atoms. The van der Waals surface area contributed by atoms with Crippen LogP contribution in [0.15, 0.2) is 48.5 Å². The van der Waals surface area contributed by atoms with Gasteiger partial charge in [0.2, 0.25) is 0 Å². The van der Waals surface area contributed by atoms with E-state index in [2.05, 4.69) is 0 Å². The molecule has 0 bridgehead atoms. The van der Waals surface area contributed by atoms with Crippen LogP contribution in [0.5, 0.6) is 0 Å². The molecular weight excluding hydrogens is 318 g/mol. The van der Waals surface area contributed by atoms with Crippen LogP contribution >= 0.6 is 0 Å². The summed E-state index contributed by atoms with van der Waals surface area (Å²) in [5, 5.41) is 9.46. The third-order valence-corrected chi connectivity index (χ3v) is 5.03. The summed E-state index contributed by atoms with van der Waals surface area (Å²) < 4.78 is 5.80. The summed E-state index contributed by atoms with van der Waals surface area (Å²) in [6, 6.07) is 15.1. The first-order chi connectivity index (χ1) is 12.2. The number of para-hydroxylation sites is 1. The monoisotopic (exact) mass is 337 g/mol. The Balaban J connectivity index is 1.70. The van der Waals surface area contributed by atoms with Gasteiger partial charge in [-0.05, 0) is 35.6 Å². The zero-order chi connectivity index (χ0) is 17.4. The molecule has 0 aliphatic carbocycles. The minimum absolute atomic E-state index is 0.122. The molecule has 0 aromatic heterocycles. The van der Waals surface area contributed by atoms with Crippen molar-refractivity contribution in [2.24, 2.45) is 0 Å². The average molecular weight is 337 g/mol. The van der Waals surface area contributed by atoms with Crippen molar-refractivity contribution in [2.75, 3.05) is 18.1 Å². The third kappa shape index (κ3) is 2.70. The molecule has 0 saturated carbocycles. The van der Waals surface area contributed by atoms with Crippen molar-refractivity contribution in [3.05, 3.63) is 65.2 Å². The number of carboxylic acids is 1. The van der Waals surface area contributed by atoms with E-state index in [0.717, 1.165) is 17.5 Å². The Bertz CT molecular complexity index is 832. The van der Waals surface area contributed by atoms with Crippen LogP contribution in [-0.2, 0) is 20.7 Å². The van der Waals surface area contributed by atoms with Crippen LogP contribution in [0.3, 0.4) is 0 Å². The molecule has 1 N–H and O–H groups in total. The van der Waals surface area contributed by atoms with Gasteiger partial charge in [-0.3, -0.25) is 9.59 Å². The topological polar surface area (TPSA) is 66.8 Å². The molecule has 25 heavy (non-hydrogen) atoms. The highest BCUT2D eigenvalue weighted by Crippen LogP contribution is 2.38. The number of carboxylic acid groups (broad SMARTS) is 1. The van der Waals surface area contributed by atoms with Crippen LogP contribution < -0.4 is 4.90 Å². The molecule has 0 radical (unpaired) electrons. The van der Waals surface area contributed by atoms with Gasteiger partial charge in [0.25, 0.3) is 5.91 Å². The summed E-state index contributed by atoms with van der Waals surface area (Å²) in [6.07, 6.45) is 0.587. The Kier molecular flexibility index (Phi) is 4.01. The molecule has 5 heteroatoms. The first kappa shape index (κ1) is 15.8. The number of benzene rings is 2. The zero-order valence-corrected chi connectivity index (χ0v) is 13.7. The van der Waals surface area contributed by atoms with E-state index in [1.807, 2.05) is 42.5 Å². The number of amides is 1. The zero-order valence-electron chi connectivity index (χ0n) is 13.7. The number of hydrogen-bond acceptors (Lipinski definition) is 3. The number of nitrogens with zero attached hydrogens (tertiary/aromatic N) is 1. The molecule has 2 atom stereocenters. The largest absolute Gasteiger partial charge is 0.481 e. The van der Waals surface area contributed by atoms with Gasteiger partial charge in [-0.1, -0.05) is 42.5 Å². The van der Waals surface area contributed by atoms with Gasteiger partial charge in [-0.15, -0.1) is 0 Å². The van der Waals surface area contributed by atoms with Crippen molar-refractivity contribution in [1.82, 2.24) is 0 Å². The molecule has 0 saturated heterocycles. The van der Waals surface area contributed by atoms with E-state index in [9.17, 15) is 14.7 Å². The standard InChI is InChI=1S/C20H19NO4/c22-19(18-14-6-2-1-5-13(14)10-12-25-18)21-11-9-16(20(23)24)15-7-3-4-8-17(15)21/h1-8,16,18H,9-12H2,(H,23,24). The first-order valence-electron chi connectivity index (χ1n) is 8.49. The van der Waals surface area contributed by atoms with Gasteiger partial charge in [-0.25, -0.2) is 0 Å². The van der Waals surface area contributed by atoms with E-state index in [-0.39, 0.29) is 5.91 Å². The number of anilines is 1. The quantitative estimate of drug-likeness (QED) is 0.915. The smallest absolute Gasteiger partial charge is 0.311 e. The van der Waals surface area contributed by atoms with Gasteiger partial charge >= 0.3 is 5.97 Å². The molecule has 0 fully saturated rings. The predicted molar refractivity (Wildman–Crippen MR) is 92.6 cm³/mol. The molecule has 2 aromatic rings. The fourth-order valence-corrected chi connectivity index (χ4v) is 3.79. The summed E-state index contributed by atoms with van der Waals surface area (Å²) in [7, 11) is 0. The Morgan fingerprint density at radius 2 is 1.76 bits per heavy atom. The maximum atomic E-state index is 13.2. The van der Waals surface area contributed by atoms with Crippen LogP contribution in [0, 0.1) is 0 Å². The summed E-state index contributed by atoms with van der Waals surface area (Å²) in [4.78, 5) is 26.4. The van der Waals surface area contributed by atoms with Crippen molar-refractivity contribution in [3.63, 3.8) is 0 Å². The molecule has 2 heterocycles. The van der Waals surface area contributed by atoms with Gasteiger partial charge in [0, 0.05) is 12.2 Å². The predicted octanol–water partition coefficient (Wildman–Crippen LogP) is 2.91.